The zero-order valence-corrected chi connectivity index (χ0v) is 16.3. The third kappa shape index (κ3) is 4.86. The highest BCUT2D eigenvalue weighted by Crippen LogP contribution is 2.26. The number of hydrogen-bond acceptors (Lipinski definition) is 3. The Hall–Kier alpha value is -0.760. The van der Waals surface area contributed by atoms with Gasteiger partial charge in [0.25, 0.3) is 0 Å². The first-order valence-electron chi connectivity index (χ1n) is 8.56. The van der Waals surface area contributed by atoms with Crippen molar-refractivity contribution in [1.29, 1.82) is 0 Å². The van der Waals surface area contributed by atoms with Crippen LogP contribution in [0.5, 0.6) is 0 Å². The van der Waals surface area contributed by atoms with Gasteiger partial charge in [0.2, 0.25) is 0 Å². The third-order valence-electron chi connectivity index (χ3n) is 4.86. The fourth-order valence-corrected chi connectivity index (χ4v) is 3.60. The van der Waals surface area contributed by atoms with Crippen LogP contribution in [0.4, 0.5) is 0 Å². The molecule has 2 N–H and O–H groups in total. The van der Waals surface area contributed by atoms with Crippen molar-refractivity contribution >= 4 is 29.9 Å². The number of nitrogens with zero attached hydrogens (tertiary/aromatic N) is 3. The van der Waals surface area contributed by atoms with Crippen molar-refractivity contribution in [2.75, 3.05) is 32.7 Å². The van der Waals surface area contributed by atoms with Crippen molar-refractivity contribution in [3.05, 3.63) is 24.2 Å². The normalized spacial score (nSPS) is 24.5. The molecule has 2 atom stereocenters. The van der Waals surface area contributed by atoms with Crippen LogP contribution in [0.3, 0.4) is 0 Å². The van der Waals surface area contributed by atoms with Crippen LogP contribution < -0.4 is 5.73 Å². The highest BCUT2D eigenvalue weighted by atomic mass is 127. The number of hydrogen-bond donors (Lipinski definition) is 1. The molecular weight excluding hydrogens is 403 g/mol. The highest BCUT2D eigenvalue weighted by Gasteiger charge is 2.26. The van der Waals surface area contributed by atoms with E-state index < -0.39 is 0 Å². The maximum absolute atomic E-state index is 6.24. The van der Waals surface area contributed by atoms with Gasteiger partial charge in [0.15, 0.2) is 5.96 Å². The predicted molar refractivity (Wildman–Crippen MR) is 104 cm³/mol. The molecule has 2 aliphatic heterocycles. The number of guanidine groups is 1. The summed E-state index contributed by atoms with van der Waals surface area (Å²) in [6.07, 6.45) is 6.79. The fraction of sp³-hybridized carbons (Fsp3) is 0.706. The Labute approximate surface area is 156 Å². The minimum atomic E-state index is 0. The first kappa shape index (κ1) is 18.6. The second-order valence-corrected chi connectivity index (χ2v) is 6.67. The van der Waals surface area contributed by atoms with Crippen LogP contribution in [0, 0.1) is 5.92 Å². The molecule has 0 saturated carbocycles. The van der Waals surface area contributed by atoms with Gasteiger partial charge >= 0.3 is 0 Å². The molecule has 130 valence electrons. The maximum Gasteiger partial charge on any atom is 0.191 e. The van der Waals surface area contributed by atoms with Crippen molar-refractivity contribution < 1.29 is 4.42 Å². The molecule has 0 aromatic carbocycles. The van der Waals surface area contributed by atoms with E-state index in [1.807, 2.05) is 6.07 Å². The van der Waals surface area contributed by atoms with Gasteiger partial charge in [0.05, 0.1) is 18.8 Å². The highest BCUT2D eigenvalue weighted by molar-refractivity contribution is 14.0. The summed E-state index contributed by atoms with van der Waals surface area (Å²) in [4.78, 5) is 9.40. The second-order valence-electron chi connectivity index (χ2n) is 6.67. The average Bonchev–Trinajstić information content (AvgIpc) is 3.21. The number of piperidine rings is 1. The molecule has 0 spiro atoms. The molecule has 0 bridgehead atoms. The van der Waals surface area contributed by atoms with E-state index >= 15 is 0 Å². The molecule has 6 heteroatoms. The molecule has 2 fully saturated rings. The molecule has 23 heavy (non-hydrogen) atoms. The summed E-state index contributed by atoms with van der Waals surface area (Å²) in [7, 11) is 0. The Morgan fingerprint density at radius 2 is 2.13 bits per heavy atom. The molecule has 3 rings (SSSR count). The molecule has 2 aliphatic rings. The lowest BCUT2D eigenvalue weighted by molar-refractivity contribution is 0.219. The largest absolute Gasteiger partial charge is 0.468 e. The number of rotatable bonds is 4. The monoisotopic (exact) mass is 432 g/mol. The van der Waals surface area contributed by atoms with E-state index in [0.29, 0.717) is 18.4 Å². The van der Waals surface area contributed by atoms with E-state index in [0.717, 1.165) is 31.9 Å². The molecule has 2 unspecified atom stereocenters. The van der Waals surface area contributed by atoms with E-state index in [-0.39, 0.29) is 30.0 Å². The number of furan rings is 1. The van der Waals surface area contributed by atoms with Crippen LogP contribution >= 0.6 is 24.0 Å². The van der Waals surface area contributed by atoms with Gasteiger partial charge in [0, 0.05) is 13.1 Å². The van der Waals surface area contributed by atoms with E-state index in [1.165, 1.54) is 25.7 Å². The van der Waals surface area contributed by atoms with Crippen molar-refractivity contribution in [3.8, 4) is 0 Å². The summed E-state index contributed by atoms with van der Waals surface area (Å²) in [6, 6.07) is 4.23. The minimum absolute atomic E-state index is 0. The average molecular weight is 432 g/mol. The third-order valence-corrected chi connectivity index (χ3v) is 4.86. The Morgan fingerprint density at radius 3 is 2.78 bits per heavy atom. The van der Waals surface area contributed by atoms with Crippen LogP contribution in [-0.2, 0) is 0 Å². The molecule has 1 aromatic rings. The van der Waals surface area contributed by atoms with Crippen LogP contribution in [-0.4, -0.2) is 48.5 Å². The Balaban J connectivity index is 0.00000192. The molecule has 1 aromatic heterocycles. The summed E-state index contributed by atoms with van der Waals surface area (Å²) in [5.74, 6) is 2.41. The van der Waals surface area contributed by atoms with Gasteiger partial charge in [-0.1, -0.05) is 6.92 Å². The second kappa shape index (κ2) is 8.92. The number of aliphatic imine (C=N–C) groups is 1. The van der Waals surface area contributed by atoms with E-state index in [9.17, 15) is 0 Å². The molecular formula is C17H29IN4O. The molecule has 0 aliphatic carbocycles. The maximum atomic E-state index is 6.24. The summed E-state index contributed by atoms with van der Waals surface area (Å²) >= 11 is 0. The zero-order valence-electron chi connectivity index (χ0n) is 14.0. The SMILES string of the molecule is CC1CCCN(C(N)=NCC(c2ccco2)N2CCCC2)C1.I. The van der Waals surface area contributed by atoms with Crippen LogP contribution in [0.1, 0.15) is 44.4 Å². The smallest absolute Gasteiger partial charge is 0.191 e. The summed E-state index contributed by atoms with van der Waals surface area (Å²) in [5, 5.41) is 0. The summed E-state index contributed by atoms with van der Waals surface area (Å²) < 4.78 is 5.64. The topological polar surface area (TPSA) is 58.0 Å². The van der Waals surface area contributed by atoms with Gasteiger partial charge < -0.3 is 15.1 Å². The lowest BCUT2D eigenvalue weighted by Gasteiger charge is -2.32. The first-order chi connectivity index (χ1) is 10.7. The van der Waals surface area contributed by atoms with E-state index in [4.69, 9.17) is 15.1 Å². The number of halogens is 1. The van der Waals surface area contributed by atoms with E-state index in [1.54, 1.807) is 6.26 Å². The van der Waals surface area contributed by atoms with Crippen LogP contribution in [0.15, 0.2) is 27.8 Å². The Morgan fingerprint density at radius 1 is 1.35 bits per heavy atom. The van der Waals surface area contributed by atoms with Crippen LogP contribution in [0.25, 0.3) is 0 Å². The van der Waals surface area contributed by atoms with Gasteiger partial charge in [-0.05, 0) is 56.8 Å². The van der Waals surface area contributed by atoms with Gasteiger partial charge in [-0.15, -0.1) is 24.0 Å². The summed E-state index contributed by atoms with van der Waals surface area (Å²) in [5.41, 5.74) is 6.24. The minimum Gasteiger partial charge on any atom is -0.468 e. The molecule has 0 radical (unpaired) electrons. The predicted octanol–water partition coefficient (Wildman–Crippen LogP) is 3.08. The summed E-state index contributed by atoms with van der Waals surface area (Å²) in [6.45, 7) is 7.29. The van der Waals surface area contributed by atoms with Gasteiger partial charge in [-0.25, -0.2) is 0 Å². The van der Waals surface area contributed by atoms with Gasteiger partial charge in [-0.2, -0.15) is 0 Å². The number of likely N-dealkylation sites (tertiary alicyclic amines) is 2. The van der Waals surface area contributed by atoms with E-state index in [2.05, 4.69) is 22.8 Å². The van der Waals surface area contributed by atoms with Crippen LogP contribution in [0.2, 0.25) is 0 Å². The van der Waals surface area contributed by atoms with Crippen molar-refractivity contribution in [1.82, 2.24) is 9.80 Å². The lowest BCUT2D eigenvalue weighted by atomic mass is 10.0. The quantitative estimate of drug-likeness (QED) is 0.452. The first-order valence-corrected chi connectivity index (χ1v) is 8.56. The zero-order chi connectivity index (χ0) is 15.4. The van der Waals surface area contributed by atoms with Crippen molar-refractivity contribution in [2.45, 2.75) is 38.6 Å². The Bertz CT molecular complexity index is 485. The lowest BCUT2D eigenvalue weighted by Crippen LogP contribution is -2.44. The van der Waals surface area contributed by atoms with Gasteiger partial charge in [-0.3, -0.25) is 9.89 Å². The van der Waals surface area contributed by atoms with Crippen molar-refractivity contribution in [3.63, 3.8) is 0 Å². The molecule has 0 amide bonds. The fourth-order valence-electron chi connectivity index (χ4n) is 3.60. The van der Waals surface area contributed by atoms with Gasteiger partial charge in [0.1, 0.15) is 5.76 Å². The molecule has 3 heterocycles. The van der Waals surface area contributed by atoms with Crippen molar-refractivity contribution in [2.24, 2.45) is 16.6 Å². The Kier molecular flexibility index (Phi) is 7.20. The molecule has 2 saturated heterocycles. The number of nitrogens with two attached hydrogens (primary N) is 1. The standard InChI is InChI=1S/C17H28N4O.HI/c1-14-6-4-10-21(13-14)17(18)19-12-15(16-7-5-11-22-16)20-8-2-3-9-20;/h5,7,11,14-15H,2-4,6,8-10,12-13H2,1H3,(H2,18,19);1H. The molecule has 5 nitrogen and oxygen atoms in total.